The molecule has 0 bridgehead atoms. The molecule has 4 nitrogen and oxygen atoms in total. The summed E-state index contributed by atoms with van der Waals surface area (Å²) < 4.78 is 10.7. The zero-order valence-corrected chi connectivity index (χ0v) is 14.9. The highest BCUT2D eigenvalue weighted by Crippen LogP contribution is 2.21. The molecule has 0 N–H and O–H groups in total. The maximum atomic E-state index is 12.1. The van der Waals surface area contributed by atoms with Crippen molar-refractivity contribution in [3.05, 3.63) is 77.3 Å². The molecule has 0 saturated carbocycles. The SMILES string of the molecule is C[C@H](Oc1ccc2ccccc2c1)C(=O)OCC(=O)c1ccc(Cl)cc1. The van der Waals surface area contributed by atoms with Crippen molar-refractivity contribution in [3.8, 4) is 5.75 Å². The largest absolute Gasteiger partial charge is 0.479 e. The number of carbonyl (C=O) groups excluding carboxylic acids is 2. The van der Waals surface area contributed by atoms with Gasteiger partial charge in [-0.25, -0.2) is 4.79 Å². The van der Waals surface area contributed by atoms with E-state index in [1.165, 1.54) is 0 Å². The Labute approximate surface area is 156 Å². The highest BCUT2D eigenvalue weighted by molar-refractivity contribution is 6.30. The predicted octanol–water partition coefficient (Wildman–Crippen LogP) is 4.69. The second-order valence-electron chi connectivity index (χ2n) is 5.81. The lowest BCUT2D eigenvalue weighted by molar-refractivity contribution is -0.149. The van der Waals surface area contributed by atoms with Crippen LogP contribution in [0.4, 0.5) is 0 Å². The topological polar surface area (TPSA) is 52.6 Å². The summed E-state index contributed by atoms with van der Waals surface area (Å²) in [5.74, 6) is -0.328. The highest BCUT2D eigenvalue weighted by atomic mass is 35.5. The van der Waals surface area contributed by atoms with Gasteiger partial charge in [-0.2, -0.15) is 0 Å². The number of ketones is 1. The molecule has 26 heavy (non-hydrogen) atoms. The lowest BCUT2D eigenvalue weighted by atomic mass is 10.1. The molecular weight excluding hydrogens is 352 g/mol. The van der Waals surface area contributed by atoms with Crippen LogP contribution in [-0.2, 0) is 9.53 Å². The number of halogens is 1. The second kappa shape index (κ2) is 8.02. The first-order valence-corrected chi connectivity index (χ1v) is 8.51. The Kier molecular flexibility index (Phi) is 5.54. The van der Waals surface area contributed by atoms with E-state index in [2.05, 4.69) is 0 Å². The van der Waals surface area contributed by atoms with Crippen molar-refractivity contribution in [1.82, 2.24) is 0 Å². The van der Waals surface area contributed by atoms with Crippen molar-refractivity contribution in [2.75, 3.05) is 6.61 Å². The first-order chi connectivity index (χ1) is 12.5. The molecule has 0 fully saturated rings. The Hall–Kier alpha value is -2.85. The van der Waals surface area contributed by atoms with E-state index in [1.807, 2.05) is 36.4 Å². The fourth-order valence-corrected chi connectivity index (χ4v) is 2.59. The first kappa shape index (κ1) is 18.0. The van der Waals surface area contributed by atoms with Crippen molar-refractivity contribution in [3.63, 3.8) is 0 Å². The molecule has 0 unspecified atom stereocenters. The maximum Gasteiger partial charge on any atom is 0.347 e. The lowest BCUT2D eigenvalue weighted by Gasteiger charge is -2.14. The maximum absolute atomic E-state index is 12.1. The Morgan fingerprint density at radius 1 is 0.962 bits per heavy atom. The number of Topliss-reactive ketones (excluding diaryl/α,β-unsaturated/α-hetero) is 1. The van der Waals surface area contributed by atoms with Gasteiger partial charge in [0.25, 0.3) is 0 Å². The molecule has 0 spiro atoms. The van der Waals surface area contributed by atoms with Gasteiger partial charge in [-0.3, -0.25) is 4.79 Å². The van der Waals surface area contributed by atoms with Gasteiger partial charge in [-0.1, -0.05) is 41.9 Å². The van der Waals surface area contributed by atoms with Gasteiger partial charge < -0.3 is 9.47 Å². The number of carbonyl (C=O) groups is 2. The minimum absolute atomic E-state index is 0.298. The van der Waals surface area contributed by atoms with Gasteiger partial charge in [0.05, 0.1) is 0 Å². The van der Waals surface area contributed by atoms with Crippen LogP contribution in [0.2, 0.25) is 5.02 Å². The molecule has 0 heterocycles. The molecule has 132 valence electrons. The predicted molar refractivity (Wildman–Crippen MR) is 101 cm³/mol. The zero-order chi connectivity index (χ0) is 18.5. The molecular formula is C21H17ClO4. The van der Waals surface area contributed by atoms with Crippen LogP contribution in [0.1, 0.15) is 17.3 Å². The Bertz CT molecular complexity index is 934. The second-order valence-corrected chi connectivity index (χ2v) is 6.24. The number of rotatable bonds is 6. The molecule has 0 aliphatic heterocycles. The van der Waals surface area contributed by atoms with Crippen molar-refractivity contribution in [1.29, 1.82) is 0 Å². The Morgan fingerprint density at radius 2 is 1.65 bits per heavy atom. The summed E-state index contributed by atoms with van der Waals surface area (Å²) in [7, 11) is 0. The average molecular weight is 369 g/mol. The minimum Gasteiger partial charge on any atom is -0.479 e. The fourth-order valence-electron chi connectivity index (χ4n) is 2.47. The van der Waals surface area contributed by atoms with Gasteiger partial charge in [0.2, 0.25) is 0 Å². The summed E-state index contributed by atoms with van der Waals surface area (Å²) in [5, 5.41) is 2.64. The van der Waals surface area contributed by atoms with Crippen molar-refractivity contribution < 1.29 is 19.1 Å². The van der Waals surface area contributed by atoms with Crippen LogP contribution in [0.15, 0.2) is 66.7 Å². The van der Waals surface area contributed by atoms with E-state index in [4.69, 9.17) is 21.1 Å². The molecule has 0 amide bonds. The number of benzene rings is 3. The molecule has 0 radical (unpaired) electrons. The number of fused-ring (bicyclic) bond motifs is 1. The van der Waals surface area contributed by atoms with Crippen LogP contribution >= 0.6 is 11.6 Å². The summed E-state index contributed by atoms with van der Waals surface area (Å²) in [6, 6.07) is 19.8. The molecule has 3 rings (SSSR count). The van der Waals surface area contributed by atoms with E-state index in [9.17, 15) is 9.59 Å². The normalized spacial score (nSPS) is 11.8. The van der Waals surface area contributed by atoms with E-state index in [-0.39, 0.29) is 12.4 Å². The summed E-state index contributed by atoms with van der Waals surface area (Å²) in [4.78, 5) is 24.1. The van der Waals surface area contributed by atoms with Crippen molar-refractivity contribution in [2.24, 2.45) is 0 Å². The summed E-state index contributed by atoms with van der Waals surface area (Å²) >= 11 is 5.79. The monoisotopic (exact) mass is 368 g/mol. The highest BCUT2D eigenvalue weighted by Gasteiger charge is 2.18. The van der Waals surface area contributed by atoms with Gasteiger partial charge in [-0.05, 0) is 54.1 Å². The van der Waals surface area contributed by atoms with Gasteiger partial charge in [0, 0.05) is 10.6 Å². The molecule has 3 aromatic carbocycles. The van der Waals surface area contributed by atoms with E-state index >= 15 is 0 Å². The first-order valence-electron chi connectivity index (χ1n) is 8.14. The van der Waals surface area contributed by atoms with Crippen LogP contribution in [0.5, 0.6) is 5.75 Å². The van der Waals surface area contributed by atoms with Gasteiger partial charge in [-0.15, -0.1) is 0 Å². The van der Waals surface area contributed by atoms with Crippen LogP contribution in [-0.4, -0.2) is 24.5 Å². The molecule has 3 aromatic rings. The van der Waals surface area contributed by atoms with Gasteiger partial charge >= 0.3 is 5.97 Å². The Morgan fingerprint density at radius 3 is 2.38 bits per heavy atom. The number of ether oxygens (including phenoxy) is 2. The number of hydrogen-bond donors (Lipinski definition) is 0. The van der Waals surface area contributed by atoms with Crippen LogP contribution in [0.25, 0.3) is 10.8 Å². The van der Waals surface area contributed by atoms with E-state index in [0.717, 1.165) is 10.8 Å². The third kappa shape index (κ3) is 4.41. The zero-order valence-electron chi connectivity index (χ0n) is 14.1. The fraction of sp³-hybridized carbons (Fsp3) is 0.143. The third-order valence-corrected chi connectivity index (χ3v) is 4.13. The van der Waals surface area contributed by atoms with E-state index in [1.54, 1.807) is 37.3 Å². The number of esters is 1. The molecule has 0 aliphatic carbocycles. The molecule has 5 heteroatoms. The smallest absolute Gasteiger partial charge is 0.347 e. The third-order valence-electron chi connectivity index (χ3n) is 3.88. The minimum atomic E-state index is -0.825. The molecule has 0 aliphatic rings. The summed E-state index contributed by atoms with van der Waals surface area (Å²) in [6.45, 7) is 1.25. The standard InChI is InChI=1S/C21H17ClO4/c1-14(26-19-11-8-15-4-2-3-5-17(15)12-19)21(24)25-13-20(23)16-6-9-18(22)10-7-16/h2-12,14H,13H2,1H3/t14-/m0/s1. The summed E-state index contributed by atoms with van der Waals surface area (Å²) in [5.41, 5.74) is 0.435. The Balaban J connectivity index is 1.56. The molecule has 0 saturated heterocycles. The average Bonchev–Trinajstić information content (AvgIpc) is 2.66. The van der Waals surface area contributed by atoms with Crippen molar-refractivity contribution in [2.45, 2.75) is 13.0 Å². The van der Waals surface area contributed by atoms with Crippen LogP contribution in [0, 0.1) is 0 Å². The molecule has 1 atom stereocenters. The quantitative estimate of drug-likeness (QED) is 0.468. The summed E-state index contributed by atoms with van der Waals surface area (Å²) in [6.07, 6.45) is -0.825. The van der Waals surface area contributed by atoms with Crippen LogP contribution in [0.3, 0.4) is 0 Å². The lowest BCUT2D eigenvalue weighted by Crippen LogP contribution is -2.28. The van der Waals surface area contributed by atoms with Gasteiger partial charge in [0.15, 0.2) is 18.5 Å². The van der Waals surface area contributed by atoms with E-state index < -0.39 is 12.1 Å². The van der Waals surface area contributed by atoms with E-state index in [0.29, 0.717) is 16.3 Å². The number of hydrogen-bond acceptors (Lipinski definition) is 4. The van der Waals surface area contributed by atoms with Crippen LogP contribution < -0.4 is 4.74 Å². The van der Waals surface area contributed by atoms with Crippen molar-refractivity contribution >= 4 is 34.1 Å². The van der Waals surface area contributed by atoms with Gasteiger partial charge in [0.1, 0.15) is 5.75 Å². The molecule has 0 aromatic heterocycles.